The molecule has 0 saturated carbocycles. The molecule has 1 saturated heterocycles. The van der Waals surface area contributed by atoms with Crippen LogP contribution in [-0.2, 0) is 11.2 Å². The molecule has 5 nitrogen and oxygen atoms in total. The molecule has 0 bridgehead atoms. The first kappa shape index (κ1) is 16.9. The number of nitrogens with one attached hydrogen (secondary N) is 1. The van der Waals surface area contributed by atoms with E-state index >= 15 is 0 Å². The molecule has 1 atom stereocenters. The van der Waals surface area contributed by atoms with Gasteiger partial charge in [0.25, 0.3) is 0 Å². The highest BCUT2D eigenvalue weighted by Gasteiger charge is 2.26. The fourth-order valence-electron chi connectivity index (χ4n) is 3.13. The molecule has 128 valence electrons. The highest BCUT2D eigenvalue weighted by atomic mass is 32.1. The van der Waals surface area contributed by atoms with Gasteiger partial charge in [-0.25, -0.2) is 4.98 Å². The Morgan fingerprint density at radius 2 is 2.17 bits per heavy atom. The summed E-state index contributed by atoms with van der Waals surface area (Å²) < 4.78 is 0. The van der Waals surface area contributed by atoms with Crippen molar-refractivity contribution in [3.63, 3.8) is 0 Å². The summed E-state index contributed by atoms with van der Waals surface area (Å²) in [4.78, 5) is 25.8. The number of nitrogens with zero attached hydrogens (tertiary/aromatic N) is 3. The lowest BCUT2D eigenvalue weighted by molar-refractivity contribution is -0.126. The van der Waals surface area contributed by atoms with E-state index in [-0.39, 0.29) is 17.9 Å². The molecule has 0 aliphatic carbocycles. The first-order chi connectivity index (χ1) is 11.6. The largest absolute Gasteiger partial charge is 0.355 e. The molecule has 3 rings (SSSR count). The first-order valence-electron chi connectivity index (χ1n) is 8.48. The van der Waals surface area contributed by atoms with Crippen molar-refractivity contribution in [2.75, 3.05) is 18.0 Å². The zero-order valence-electron chi connectivity index (χ0n) is 14.2. The van der Waals surface area contributed by atoms with Crippen LogP contribution in [-0.4, -0.2) is 35.0 Å². The lowest BCUT2D eigenvalue weighted by Gasteiger charge is -2.32. The summed E-state index contributed by atoms with van der Waals surface area (Å²) in [6, 6.07) is 4.47. The molecule has 1 fully saturated rings. The predicted molar refractivity (Wildman–Crippen MR) is 97.3 cm³/mol. The SMILES string of the molecule is Cc1ccc(C[C@H](C)NC(=O)C2CCN(c3cnccn3)CC2)s1. The number of aromatic nitrogens is 2. The Balaban J connectivity index is 1.46. The van der Waals surface area contributed by atoms with E-state index in [2.05, 4.69) is 46.2 Å². The first-order valence-corrected chi connectivity index (χ1v) is 9.30. The van der Waals surface area contributed by atoms with Gasteiger partial charge in [0.2, 0.25) is 5.91 Å². The van der Waals surface area contributed by atoms with Gasteiger partial charge in [-0.3, -0.25) is 9.78 Å². The van der Waals surface area contributed by atoms with Gasteiger partial charge in [-0.05, 0) is 38.8 Å². The molecule has 0 spiro atoms. The smallest absolute Gasteiger partial charge is 0.223 e. The molecule has 1 aliphatic rings. The van der Waals surface area contributed by atoms with E-state index < -0.39 is 0 Å². The van der Waals surface area contributed by atoms with Crippen molar-refractivity contribution in [1.82, 2.24) is 15.3 Å². The molecule has 1 N–H and O–H groups in total. The van der Waals surface area contributed by atoms with Crippen LogP contribution in [0.5, 0.6) is 0 Å². The number of anilines is 1. The lowest BCUT2D eigenvalue weighted by Crippen LogP contribution is -2.43. The van der Waals surface area contributed by atoms with Gasteiger partial charge in [-0.2, -0.15) is 0 Å². The summed E-state index contributed by atoms with van der Waals surface area (Å²) in [7, 11) is 0. The number of aryl methyl sites for hydroxylation is 1. The van der Waals surface area contributed by atoms with Gasteiger partial charge in [0.1, 0.15) is 5.82 Å². The van der Waals surface area contributed by atoms with Crippen molar-refractivity contribution in [2.45, 2.75) is 39.2 Å². The molecular formula is C18H24N4OS. The third kappa shape index (κ3) is 4.32. The van der Waals surface area contributed by atoms with E-state index in [0.29, 0.717) is 0 Å². The van der Waals surface area contributed by atoms with Gasteiger partial charge in [0, 0.05) is 53.6 Å². The molecule has 3 heterocycles. The maximum atomic E-state index is 12.5. The Bertz CT molecular complexity index is 665. The van der Waals surface area contributed by atoms with Gasteiger partial charge in [-0.1, -0.05) is 0 Å². The van der Waals surface area contributed by atoms with E-state index in [1.165, 1.54) is 9.75 Å². The molecule has 24 heavy (non-hydrogen) atoms. The van der Waals surface area contributed by atoms with E-state index in [0.717, 1.165) is 38.2 Å². The lowest BCUT2D eigenvalue weighted by atomic mass is 9.95. The number of amides is 1. The fraction of sp³-hybridized carbons (Fsp3) is 0.500. The average Bonchev–Trinajstić information content (AvgIpc) is 3.00. The van der Waals surface area contributed by atoms with E-state index in [1.54, 1.807) is 29.9 Å². The summed E-state index contributed by atoms with van der Waals surface area (Å²) in [5.41, 5.74) is 0. The summed E-state index contributed by atoms with van der Waals surface area (Å²) >= 11 is 1.81. The molecule has 1 amide bonds. The van der Waals surface area contributed by atoms with Crippen LogP contribution in [0.4, 0.5) is 5.82 Å². The van der Waals surface area contributed by atoms with Crippen LogP contribution in [0.25, 0.3) is 0 Å². The van der Waals surface area contributed by atoms with Gasteiger partial charge in [0.05, 0.1) is 6.20 Å². The van der Waals surface area contributed by atoms with Gasteiger partial charge in [-0.15, -0.1) is 11.3 Å². The third-order valence-corrected chi connectivity index (χ3v) is 5.45. The van der Waals surface area contributed by atoms with Crippen molar-refractivity contribution in [2.24, 2.45) is 5.92 Å². The number of rotatable bonds is 5. The second-order valence-electron chi connectivity index (χ2n) is 6.45. The molecule has 6 heteroatoms. The quantitative estimate of drug-likeness (QED) is 0.906. The summed E-state index contributed by atoms with van der Waals surface area (Å²) in [6.45, 7) is 5.91. The monoisotopic (exact) mass is 344 g/mol. The zero-order chi connectivity index (χ0) is 16.9. The number of thiophene rings is 1. The highest BCUT2D eigenvalue weighted by molar-refractivity contribution is 7.11. The van der Waals surface area contributed by atoms with Crippen LogP contribution in [0.3, 0.4) is 0 Å². The summed E-state index contributed by atoms with van der Waals surface area (Å²) in [5, 5.41) is 3.18. The second kappa shape index (κ2) is 7.75. The molecule has 1 aliphatic heterocycles. The van der Waals surface area contributed by atoms with Crippen LogP contribution in [0, 0.1) is 12.8 Å². The average molecular weight is 344 g/mol. The third-order valence-electron chi connectivity index (χ3n) is 4.43. The summed E-state index contributed by atoms with van der Waals surface area (Å²) in [6.07, 6.45) is 7.82. The van der Waals surface area contributed by atoms with Crippen LogP contribution in [0.2, 0.25) is 0 Å². The normalized spacial score (nSPS) is 16.8. The standard InChI is InChI=1S/C18H24N4OS/c1-13(11-16-4-3-14(2)24-16)21-18(23)15-5-9-22(10-6-15)17-12-19-7-8-20-17/h3-4,7-8,12-13,15H,5-6,9-11H2,1-2H3,(H,21,23)/t13-/m0/s1. The Morgan fingerprint density at radius 1 is 1.38 bits per heavy atom. The van der Waals surface area contributed by atoms with Crippen molar-refractivity contribution < 1.29 is 4.79 Å². The fourth-order valence-corrected chi connectivity index (χ4v) is 4.15. The molecule has 2 aromatic rings. The van der Waals surface area contributed by atoms with Gasteiger partial charge in [0.15, 0.2) is 0 Å². The number of hydrogen-bond acceptors (Lipinski definition) is 5. The molecule has 0 radical (unpaired) electrons. The van der Waals surface area contributed by atoms with E-state index in [1.807, 2.05) is 0 Å². The van der Waals surface area contributed by atoms with E-state index in [4.69, 9.17) is 0 Å². The van der Waals surface area contributed by atoms with Crippen molar-refractivity contribution in [3.05, 3.63) is 40.5 Å². The predicted octanol–water partition coefficient (Wildman–Crippen LogP) is 2.81. The maximum absolute atomic E-state index is 12.5. The molecule has 0 aromatic carbocycles. The minimum absolute atomic E-state index is 0.102. The topological polar surface area (TPSA) is 58.1 Å². The molecule has 0 unspecified atom stereocenters. The van der Waals surface area contributed by atoms with Crippen LogP contribution in [0.1, 0.15) is 29.5 Å². The number of piperidine rings is 1. The minimum atomic E-state index is 0.102. The second-order valence-corrected chi connectivity index (χ2v) is 7.82. The number of hydrogen-bond donors (Lipinski definition) is 1. The minimum Gasteiger partial charge on any atom is -0.355 e. The Hall–Kier alpha value is -1.95. The highest BCUT2D eigenvalue weighted by Crippen LogP contribution is 2.22. The molecule has 2 aromatic heterocycles. The molecular weight excluding hydrogens is 320 g/mol. The van der Waals surface area contributed by atoms with Crippen LogP contribution >= 0.6 is 11.3 Å². The van der Waals surface area contributed by atoms with Crippen LogP contribution in [0.15, 0.2) is 30.7 Å². The Kier molecular flexibility index (Phi) is 5.45. The van der Waals surface area contributed by atoms with Gasteiger partial charge < -0.3 is 10.2 Å². The van der Waals surface area contributed by atoms with Crippen molar-refractivity contribution >= 4 is 23.1 Å². The van der Waals surface area contributed by atoms with E-state index in [9.17, 15) is 4.79 Å². The Labute approximate surface area is 147 Å². The van der Waals surface area contributed by atoms with Crippen molar-refractivity contribution in [1.29, 1.82) is 0 Å². The zero-order valence-corrected chi connectivity index (χ0v) is 15.1. The maximum Gasteiger partial charge on any atom is 0.223 e. The van der Waals surface area contributed by atoms with Gasteiger partial charge >= 0.3 is 0 Å². The number of carbonyl (C=O) groups is 1. The number of carbonyl (C=O) groups excluding carboxylic acids is 1. The Morgan fingerprint density at radius 3 is 2.79 bits per heavy atom. The van der Waals surface area contributed by atoms with Crippen molar-refractivity contribution in [3.8, 4) is 0 Å². The summed E-state index contributed by atoms with van der Waals surface area (Å²) in [5.74, 6) is 1.19. The van der Waals surface area contributed by atoms with Crippen LogP contribution < -0.4 is 10.2 Å².